The predicted molar refractivity (Wildman–Crippen MR) is 111 cm³/mol. The number of carbonyl (C=O) groups excluding carboxylic acids is 2. The van der Waals surface area contributed by atoms with Crippen LogP contribution in [0.25, 0.3) is 0 Å². The van der Waals surface area contributed by atoms with Crippen LogP contribution in [0.5, 0.6) is 0 Å². The third-order valence-electron chi connectivity index (χ3n) is 4.69. The molecule has 0 saturated heterocycles. The third kappa shape index (κ3) is 5.95. The molecule has 27 heavy (non-hydrogen) atoms. The van der Waals surface area contributed by atoms with Crippen molar-refractivity contribution in [3.05, 3.63) is 65.2 Å². The van der Waals surface area contributed by atoms with E-state index in [1.165, 1.54) is 5.56 Å². The van der Waals surface area contributed by atoms with Gasteiger partial charge in [0.05, 0.1) is 6.42 Å². The van der Waals surface area contributed by atoms with Gasteiger partial charge in [-0.2, -0.15) is 0 Å². The largest absolute Gasteiger partial charge is 0.354 e. The number of carbonyl (C=O) groups is 2. The van der Waals surface area contributed by atoms with Crippen molar-refractivity contribution in [2.24, 2.45) is 0 Å². The fourth-order valence-corrected chi connectivity index (χ4v) is 2.96. The average molecular weight is 367 g/mol. The van der Waals surface area contributed by atoms with E-state index >= 15 is 0 Å². The summed E-state index contributed by atoms with van der Waals surface area (Å²) in [5.74, 6) is -0.0671. The number of nitrogens with zero attached hydrogens (tertiary/aromatic N) is 1. The predicted octanol–water partition coefficient (Wildman–Crippen LogP) is 4.00. The Kier molecular flexibility index (Phi) is 6.78. The summed E-state index contributed by atoms with van der Waals surface area (Å²) in [6.07, 6.45) is 0.354. The standard InChI is InChI=1S/C23H30N2O2/c1-17-8-6-7-9-19(17)16-22(27)24-14-15-25(18(2)26)21-12-10-20(11-13-21)23(3,4)5/h6-13H,14-16H2,1-5H3,(H,24,27). The maximum Gasteiger partial charge on any atom is 0.224 e. The molecule has 4 heteroatoms. The van der Waals surface area contributed by atoms with Crippen molar-refractivity contribution in [2.45, 2.75) is 46.5 Å². The first-order valence-corrected chi connectivity index (χ1v) is 9.38. The van der Waals surface area contributed by atoms with Crippen molar-refractivity contribution in [3.63, 3.8) is 0 Å². The van der Waals surface area contributed by atoms with Crippen LogP contribution in [-0.4, -0.2) is 24.9 Å². The van der Waals surface area contributed by atoms with Gasteiger partial charge in [-0.1, -0.05) is 57.2 Å². The lowest BCUT2D eigenvalue weighted by atomic mass is 9.87. The number of hydrogen-bond acceptors (Lipinski definition) is 2. The molecule has 2 aromatic carbocycles. The van der Waals surface area contributed by atoms with Gasteiger partial charge in [0.15, 0.2) is 0 Å². The van der Waals surface area contributed by atoms with Crippen LogP contribution >= 0.6 is 0 Å². The molecule has 0 unspecified atom stereocenters. The van der Waals surface area contributed by atoms with Gasteiger partial charge in [-0.05, 0) is 41.2 Å². The number of hydrogen-bond donors (Lipinski definition) is 1. The quantitative estimate of drug-likeness (QED) is 0.840. The number of anilines is 1. The van der Waals surface area contributed by atoms with Gasteiger partial charge < -0.3 is 10.2 Å². The lowest BCUT2D eigenvalue weighted by molar-refractivity contribution is -0.121. The third-order valence-corrected chi connectivity index (χ3v) is 4.69. The summed E-state index contributed by atoms with van der Waals surface area (Å²) in [7, 11) is 0. The van der Waals surface area contributed by atoms with E-state index in [1.807, 2.05) is 43.3 Å². The SMILES string of the molecule is CC(=O)N(CCNC(=O)Cc1ccccc1C)c1ccc(C(C)(C)C)cc1. The van der Waals surface area contributed by atoms with Crippen LogP contribution in [0.3, 0.4) is 0 Å². The van der Waals surface area contributed by atoms with Crippen molar-refractivity contribution < 1.29 is 9.59 Å². The van der Waals surface area contributed by atoms with Crippen LogP contribution in [-0.2, 0) is 21.4 Å². The maximum absolute atomic E-state index is 12.2. The molecule has 0 spiro atoms. The van der Waals surface area contributed by atoms with E-state index in [2.05, 4.69) is 38.2 Å². The Morgan fingerprint density at radius 2 is 1.63 bits per heavy atom. The van der Waals surface area contributed by atoms with Crippen LogP contribution < -0.4 is 10.2 Å². The van der Waals surface area contributed by atoms with E-state index in [1.54, 1.807) is 11.8 Å². The zero-order valence-electron chi connectivity index (χ0n) is 17.0. The number of nitrogens with one attached hydrogen (secondary N) is 1. The van der Waals surface area contributed by atoms with Crippen LogP contribution in [0.4, 0.5) is 5.69 Å². The molecule has 0 fully saturated rings. The van der Waals surface area contributed by atoms with Gasteiger partial charge in [-0.3, -0.25) is 9.59 Å². The zero-order valence-corrected chi connectivity index (χ0v) is 17.0. The molecular formula is C23H30N2O2. The number of benzene rings is 2. The van der Waals surface area contributed by atoms with Gasteiger partial charge >= 0.3 is 0 Å². The van der Waals surface area contributed by atoms with Gasteiger partial charge in [-0.15, -0.1) is 0 Å². The molecule has 0 aliphatic rings. The molecule has 4 nitrogen and oxygen atoms in total. The average Bonchev–Trinajstić information content (AvgIpc) is 2.60. The van der Waals surface area contributed by atoms with Crippen LogP contribution in [0, 0.1) is 6.92 Å². The lowest BCUT2D eigenvalue weighted by Gasteiger charge is -2.24. The summed E-state index contributed by atoms with van der Waals surface area (Å²) in [5, 5.41) is 2.92. The van der Waals surface area contributed by atoms with E-state index in [0.717, 1.165) is 16.8 Å². The highest BCUT2D eigenvalue weighted by atomic mass is 16.2. The van der Waals surface area contributed by atoms with Crippen molar-refractivity contribution in [2.75, 3.05) is 18.0 Å². The Morgan fingerprint density at radius 1 is 1.00 bits per heavy atom. The molecule has 144 valence electrons. The van der Waals surface area contributed by atoms with E-state index in [-0.39, 0.29) is 17.2 Å². The molecule has 0 radical (unpaired) electrons. The topological polar surface area (TPSA) is 49.4 Å². The van der Waals surface area contributed by atoms with Gasteiger partial charge in [0.1, 0.15) is 0 Å². The Morgan fingerprint density at radius 3 is 2.19 bits per heavy atom. The fraction of sp³-hybridized carbons (Fsp3) is 0.391. The van der Waals surface area contributed by atoms with Gasteiger partial charge in [0, 0.05) is 25.7 Å². The summed E-state index contributed by atoms with van der Waals surface area (Å²) in [6, 6.07) is 15.9. The highest BCUT2D eigenvalue weighted by Crippen LogP contribution is 2.25. The summed E-state index contributed by atoms with van der Waals surface area (Å²) in [4.78, 5) is 25.9. The first-order valence-electron chi connectivity index (χ1n) is 9.38. The first kappa shape index (κ1) is 20.7. The van der Waals surface area contributed by atoms with Crippen LogP contribution in [0.1, 0.15) is 44.4 Å². The second-order valence-corrected chi connectivity index (χ2v) is 7.92. The van der Waals surface area contributed by atoms with Crippen LogP contribution in [0.15, 0.2) is 48.5 Å². The van der Waals surface area contributed by atoms with Crippen molar-refractivity contribution >= 4 is 17.5 Å². The Labute approximate surface area is 162 Å². The summed E-state index contributed by atoms with van der Waals surface area (Å²) in [6.45, 7) is 10.9. The number of amides is 2. The fourth-order valence-electron chi connectivity index (χ4n) is 2.96. The van der Waals surface area contributed by atoms with E-state index in [9.17, 15) is 9.59 Å². The molecule has 1 N–H and O–H groups in total. The minimum Gasteiger partial charge on any atom is -0.354 e. The van der Waals surface area contributed by atoms with Crippen molar-refractivity contribution in [3.8, 4) is 0 Å². The molecule has 0 heterocycles. The van der Waals surface area contributed by atoms with Gasteiger partial charge in [0.2, 0.25) is 11.8 Å². The molecule has 0 aromatic heterocycles. The van der Waals surface area contributed by atoms with E-state index < -0.39 is 0 Å². The highest BCUT2D eigenvalue weighted by molar-refractivity contribution is 5.91. The Hall–Kier alpha value is -2.62. The normalized spacial score (nSPS) is 11.1. The maximum atomic E-state index is 12.2. The summed E-state index contributed by atoms with van der Waals surface area (Å²) in [5.41, 5.74) is 4.28. The molecule has 2 amide bonds. The molecule has 0 aliphatic heterocycles. The molecule has 0 atom stereocenters. The second-order valence-electron chi connectivity index (χ2n) is 7.92. The molecular weight excluding hydrogens is 336 g/mol. The minimum absolute atomic E-state index is 0.0316. The van der Waals surface area contributed by atoms with Crippen molar-refractivity contribution in [1.82, 2.24) is 5.32 Å². The molecule has 0 aliphatic carbocycles. The lowest BCUT2D eigenvalue weighted by Crippen LogP contribution is -2.38. The van der Waals surface area contributed by atoms with Gasteiger partial charge in [0.25, 0.3) is 0 Å². The molecule has 0 bridgehead atoms. The molecule has 0 saturated carbocycles. The smallest absolute Gasteiger partial charge is 0.224 e. The second kappa shape index (κ2) is 8.85. The minimum atomic E-state index is -0.0355. The zero-order chi connectivity index (χ0) is 20.0. The van der Waals surface area contributed by atoms with E-state index in [4.69, 9.17) is 0 Å². The molecule has 2 rings (SSSR count). The number of rotatable bonds is 6. The monoisotopic (exact) mass is 366 g/mol. The summed E-state index contributed by atoms with van der Waals surface area (Å²) < 4.78 is 0. The Bertz CT molecular complexity index is 789. The van der Waals surface area contributed by atoms with Crippen molar-refractivity contribution in [1.29, 1.82) is 0 Å². The summed E-state index contributed by atoms with van der Waals surface area (Å²) >= 11 is 0. The Balaban J connectivity index is 1.94. The van der Waals surface area contributed by atoms with Crippen LogP contribution in [0.2, 0.25) is 0 Å². The van der Waals surface area contributed by atoms with Gasteiger partial charge in [-0.25, -0.2) is 0 Å². The molecule has 2 aromatic rings. The highest BCUT2D eigenvalue weighted by Gasteiger charge is 2.16. The van der Waals surface area contributed by atoms with E-state index in [0.29, 0.717) is 19.5 Å². The number of aryl methyl sites for hydroxylation is 1. The first-order chi connectivity index (χ1) is 12.7.